The van der Waals surface area contributed by atoms with Crippen LogP contribution in [0, 0.1) is 0 Å². The summed E-state index contributed by atoms with van der Waals surface area (Å²) in [7, 11) is 0. The van der Waals surface area contributed by atoms with Crippen LogP contribution in [0.3, 0.4) is 0 Å². The van der Waals surface area contributed by atoms with Gasteiger partial charge in [-0.1, -0.05) is 30.3 Å². The average molecular weight is 387 g/mol. The third-order valence-electron chi connectivity index (χ3n) is 4.22. The lowest BCUT2D eigenvalue weighted by molar-refractivity contribution is -0.140. The lowest BCUT2D eigenvalue weighted by atomic mass is 10.2. The first-order valence-electron chi connectivity index (χ1n) is 8.83. The van der Waals surface area contributed by atoms with Crippen LogP contribution in [0.25, 0.3) is 0 Å². The molecule has 2 aromatic rings. The number of aliphatic carboxylic acids is 2. The van der Waals surface area contributed by atoms with Gasteiger partial charge in [-0.2, -0.15) is 0 Å². The number of aromatic hydroxyl groups is 1. The van der Waals surface area contributed by atoms with E-state index in [1.54, 1.807) is 46.2 Å². The summed E-state index contributed by atoms with van der Waals surface area (Å²) >= 11 is 0. The van der Waals surface area contributed by atoms with Gasteiger partial charge in [-0.05, 0) is 23.8 Å². The number of nitrogens with two attached hydrogens (primary N) is 1. The van der Waals surface area contributed by atoms with Crippen molar-refractivity contribution in [3.8, 4) is 5.75 Å². The van der Waals surface area contributed by atoms with E-state index in [0.717, 1.165) is 5.56 Å². The molecular formula is C20H25N3O5. The van der Waals surface area contributed by atoms with Crippen LogP contribution in [0.15, 0.2) is 48.5 Å². The number of carbonyl (C=O) groups is 2. The van der Waals surface area contributed by atoms with E-state index in [9.17, 15) is 24.9 Å². The highest BCUT2D eigenvalue weighted by Gasteiger charge is 2.16. The van der Waals surface area contributed by atoms with Crippen LogP contribution in [0.1, 0.15) is 11.1 Å². The second kappa shape index (κ2) is 10.3. The Bertz CT molecular complexity index is 795. The molecule has 0 spiro atoms. The van der Waals surface area contributed by atoms with Crippen molar-refractivity contribution >= 4 is 17.6 Å². The van der Waals surface area contributed by atoms with Gasteiger partial charge in [0.1, 0.15) is 5.75 Å². The van der Waals surface area contributed by atoms with Gasteiger partial charge in [0.25, 0.3) is 0 Å². The number of carboxylic acids is 2. The van der Waals surface area contributed by atoms with Crippen molar-refractivity contribution in [2.24, 2.45) is 0 Å². The topological polar surface area (TPSA) is 127 Å². The van der Waals surface area contributed by atoms with Crippen molar-refractivity contribution in [3.63, 3.8) is 0 Å². The lowest BCUT2D eigenvalue weighted by Crippen LogP contribution is -2.39. The summed E-state index contributed by atoms with van der Waals surface area (Å²) in [6, 6.07) is 13.9. The molecule has 5 N–H and O–H groups in total. The van der Waals surface area contributed by atoms with E-state index in [1.807, 2.05) is 12.1 Å². The second-order valence-electron chi connectivity index (χ2n) is 6.58. The minimum atomic E-state index is -0.987. The third-order valence-corrected chi connectivity index (χ3v) is 4.22. The minimum Gasteiger partial charge on any atom is -0.508 e. The molecule has 0 radical (unpaired) electrons. The molecule has 0 atom stereocenters. The number of carboxylic acid groups (broad SMARTS) is 2. The molecule has 2 aromatic carbocycles. The van der Waals surface area contributed by atoms with E-state index in [1.165, 1.54) is 0 Å². The van der Waals surface area contributed by atoms with Crippen molar-refractivity contribution in [3.05, 3.63) is 59.7 Å². The fraction of sp³-hybridized carbons (Fsp3) is 0.300. The largest absolute Gasteiger partial charge is 0.508 e. The van der Waals surface area contributed by atoms with E-state index in [4.69, 9.17) is 5.73 Å². The van der Waals surface area contributed by atoms with E-state index >= 15 is 0 Å². The molecule has 0 aliphatic rings. The fourth-order valence-electron chi connectivity index (χ4n) is 2.86. The number of rotatable bonds is 11. The molecule has 8 nitrogen and oxygen atoms in total. The van der Waals surface area contributed by atoms with Crippen LogP contribution in [-0.4, -0.2) is 63.2 Å². The van der Waals surface area contributed by atoms with Gasteiger partial charge in [0.05, 0.1) is 13.1 Å². The Balaban J connectivity index is 2.04. The van der Waals surface area contributed by atoms with Gasteiger partial charge in [-0.3, -0.25) is 19.4 Å². The number of para-hydroxylation sites is 1. The predicted octanol–water partition coefficient (Wildman–Crippen LogP) is 1.45. The number of hydrogen-bond acceptors (Lipinski definition) is 6. The average Bonchev–Trinajstić information content (AvgIpc) is 2.62. The maximum absolute atomic E-state index is 11.2. The molecule has 28 heavy (non-hydrogen) atoms. The first-order chi connectivity index (χ1) is 13.3. The van der Waals surface area contributed by atoms with E-state index < -0.39 is 11.9 Å². The standard InChI is InChI=1S/C20H25N3O5/c21-17-7-5-15(6-8-17)11-22(13-19(25)26)9-10-23(14-20(27)28)12-16-3-1-2-4-18(16)24/h1-8,24H,9-14,21H2,(H,25,26)(H,27,28). The van der Waals surface area contributed by atoms with Crippen molar-refractivity contribution in [1.29, 1.82) is 0 Å². The molecule has 0 aliphatic carbocycles. The Morgan fingerprint density at radius 3 is 1.89 bits per heavy atom. The third kappa shape index (κ3) is 7.26. The van der Waals surface area contributed by atoms with Gasteiger partial charge in [0, 0.05) is 37.4 Å². The van der Waals surface area contributed by atoms with E-state index in [2.05, 4.69) is 0 Å². The van der Waals surface area contributed by atoms with Crippen molar-refractivity contribution in [1.82, 2.24) is 9.80 Å². The summed E-state index contributed by atoms with van der Waals surface area (Å²) < 4.78 is 0. The summed E-state index contributed by atoms with van der Waals surface area (Å²) in [4.78, 5) is 25.8. The van der Waals surface area contributed by atoms with Crippen molar-refractivity contribution < 1.29 is 24.9 Å². The van der Waals surface area contributed by atoms with Gasteiger partial charge < -0.3 is 21.1 Å². The summed E-state index contributed by atoms with van der Waals surface area (Å²) in [6.45, 7) is 0.977. The molecule has 0 bridgehead atoms. The molecule has 0 unspecified atom stereocenters. The van der Waals surface area contributed by atoms with Gasteiger partial charge in [0.15, 0.2) is 0 Å². The first kappa shape index (κ1) is 21.2. The Morgan fingerprint density at radius 1 is 0.821 bits per heavy atom. The smallest absolute Gasteiger partial charge is 0.317 e. The van der Waals surface area contributed by atoms with E-state index in [0.29, 0.717) is 30.9 Å². The fourth-order valence-corrected chi connectivity index (χ4v) is 2.86. The van der Waals surface area contributed by atoms with Crippen LogP contribution >= 0.6 is 0 Å². The zero-order valence-electron chi connectivity index (χ0n) is 15.5. The number of benzene rings is 2. The number of phenols is 1. The van der Waals surface area contributed by atoms with Crippen LogP contribution < -0.4 is 5.73 Å². The van der Waals surface area contributed by atoms with E-state index in [-0.39, 0.29) is 25.4 Å². The Labute approximate surface area is 163 Å². The molecule has 0 saturated carbocycles. The summed E-state index contributed by atoms with van der Waals surface area (Å²) in [5.41, 5.74) is 7.84. The predicted molar refractivity (Wildman–Crippen MR) is 105 cm³/mol. The Hall–Kier alpha value is -3.10. The number of anilines is 1. The first-order valence-corrected chi connectivity index (χ1v) is 8.83. The van der Waals surface area contributed by atoms with Crippen LogP contribution in [0.2, 0.25) is 0 Å². The monoisotopic (exact) mass is 387 g/mol. The van der Waals surface area contributed by atoms with Gasteiger partial charge in [-0.25, -0.2) is 0 Å². The van der Waals surface area contributed by atoms with Crippen molar-refractivity contribution in [2.75, 3.05) is 31.9 Å². The maximum atomic E-state index is 11.2. The molecule has 0 heterocycles. The van der Waals surface area contributed by atoms with Gasteiger partial charge >= 0.3 is 11.9 Å². The molecule has 8 heteroatoms. The molecule has 150 valence electrons. The molecular weight excluding hydrogens is 362 g/mol. The SMILES string of the molecule is Nc1ccc(CN(CCN(CC(=O)O)Cc2ccccc2O)CC(=O)O)cc1. The van der Waals surface area contributed by atoms with Crippen molar-refractivity contribution in [2.45, 2.75) is 13.1 Å². The molecule has 0 amide bonds. The number of nitrogens with zero attached hydrogens (tertiary/aromatic N) is 2. The van der Waals surface area contributed by atoms with Crippen LogP contribution in [-0.2, 0) is 22.7 Å². The molecule has 0 aromatic heterocycles. The van der Waals surface area contributed by atoms with Gasteiger partial charge in [-0.15, -0.1) is 0 Å². The summed E-state index contributed by atoms with van der Waals surface area (Å²) in [5.74, 6) is -1.85. The Morgan fingerprint density at radius 2 is 1.36 bits per heavy atom. The normalized spacial score (nSPS) is 11.1. The summed E-state index contributed by atoms with van der Waals surface area (Å²) in [5, 5.41) is 28.3. The highest BCUT2D eigenvalue weighted by molar-refractivity contribution is 5.69. The number of nitrogen functional groups attached to an aromatic ring is 1. The maximum Gasteiger partial charge on any atom is 0.317 e. The highest BCUT2D eigenvalue weighted by atomic mass is 16.4. The second-order valence-corrected chi connectivity index (χ2v) is 6.58. The Kier molecular flexibility index (Phi) is 7.79. The summed E-state index contributed by atoms with van der Waals surface area (Å²) in [6.07, 6.45) is 0. The minimum absolute atomic E-state index is 0.0992. The molecule has 2 rings (SSSR count). The highest BCUT2D eigenvalue weighted by Crippen LogP contribution is 2.18. The van der Waals surface area contributed by atoms with Crippen LogP contribution in [0.4, 0.5) is 5.69 Å². The molecule has 0 fully saturated rings. The number of phenolic OH excluding ortho intramolecular Hbond substituents is 1. The zero-order valence-corrected chi connectivity index (χ0v) is 15.5. The quantitative estimate of drug-likeness (QED) is 0.427. The lowest BCUT2D eigenvalue weighted by Gasteiger charge is -2.26. The van der Waals surface area contributed by atoms with Crippen LogP contribution in [0.5, 0.6) is 5.75 Å². The molecule has 0 aliphatic heterocycles. The zero-order chi connectivity index (χ0) is 20.5. The number of hydrogen-bond donors (Lipinski definition) is 4. The molecule has 0 saturated heterocycles. The van der Waals surface area contributed by atoms with Gasteiger partial charge in [0.2, 0.25) is 0 Å².